The molecule has 1 aliphatic heterocycles. The maximum Gasteiger partial charge on any atom is 0.229 e. The molecule has 2 heterocycles. The van der Waals surface area contributed by atoms with Crippen LogP contribution in [0.25, 0.3) is 0 Å². The Hall–Kier alpha value is -3.84. The number of anilines is 6. The van der Waals surface area contributed by atoms with Crippen molar-refractivity contribution in [3.05, 3.63) is 66.3 Å². The van der Waals surface area contributed by atoms with E-state index >= 15 is 0 Å². The lowest BCUT2D eigenvalue weighted by atomic mass is 10.2. The molecule has 0 aliphatic carbocycles. The van der Waals surface area contributed by atoms with E-state index in [2.05, 4.69) is 37.4 Å². The average molecular weight is 626 g/mol. The molecule has 1 aliphatic rings. The fourth-order valence-electron chi connectivity index (χ4n) is 4.71. The SMILES string of the molecule is C=CC(O)Nc1cccc(Nc2nc(Nc3ccc(N4CCN(C(=O)CCC[Si](C)(C)O)CC4)cc3OC)ncc2Cl)c1. The minimum Gasteiger partial charge on any atom is -0.494 e. The van der Waals surface area contributed by atoms with Gasteiger partial charge < -0.3 is 40.4 Å². The van der Waals surface area contributed by atoms with Gasteiger partial charge in [0.15, 0.2) is 14.1 Å². The van der Waals surface area contributed by atoms with Gasteiger partial charge in [0.1, 0.15) is 17.0 Å². The van der Waals surface area contributed by atoms with Crippen LogP contribution in [0.4, 0.5) is 34.5 Å². The molecule has 11 nitrogen and oxygen atoms in total. The lowest BCUT2D eigenvalue weighted by Gasteiger charge is -2.36. The largest absolute Gasteiger partial charge is 0.494 e. The van der Waals surface area contributed by atoms with Crippen LogP contribution in [0.2, 0.25) is 24.2 Å². The van der Waals surface area contributed by atoms with Crippen LogP contribution in [-0.2, 0) is 4.79 Å². The van der Waals surface area contributed by atoms with Crippen LogP contribution in [0.5, 0.6) is 5.75 Å². The molecule has 1 aromatic heterocycles. The lowest BCUT2D eigenvalue weighted by Crippen LogP contribution is -2.48. The molecule has 0 spiro atoms. The Balaban J connectivity index is 1.38. The smallest absolute Gasteiger partial charge is 0.229 e. The highest BCUT2D eigenvalue weighted by molar-refractivity contribution is 6.69. The quantitative estimate of drug-likeness (QED) is 0.0983. The number of hydrogen-bond donors (Lipinski definition) is 5. The predicted molar refractivity (Wildman–Crippen MR) is 175 cm³/mol. The van der Waals surface area contributed by atoms with Crippen molar-refractivity contribution < 1.29 is 19.4 Å². The second-order valence-electron chi connectivity index (χ2n) is 11.0. The van der Waals surface area contributed by atoms with E-state index < -0.39 is 14.5 Å². The first-order valence-corrected chi connectivity index (χ1v) is 17.7. The van der Waals surface area contributed by atoms with E-state index in [1.807, 2.05) is 60.5 Å². The Labute approximate surface area is 258 Å². The van der Waals surface area contributed by atoms with Gasteiger partial charge in [0, 0.05) is 55.7 Å². The number of aliphatic hydroxyl groups is 1. The summed E-state index contributed by atoms with van der Waals surface area (Å²) < 4.78 is 5.68. The first-order chi connectivity index (χ1) is 20.5. The zero-order valence-corrected chi connectivity index (χ0v) is 26.6. The Bertz CT molecular complexity index is 1410. The molecule has 0 radical (unpaired) electrons. The molecule has 3 aromatic rings. The van der Waals surface area contributed by atoms with E-state index in [4.69, 9.17) is 16.3 Å². The first kappa shape index (κ1) is 32.1. The molecule has 1 atom stereocenters. The van der Waals surface area contributed by atoms with Gasteiger partial charge in [-0.05, 0) is 62.0 Å². The normalized spacial score (nSPS) is 14.2. The molecule has 1 unspecified atom stereocenters. The van der Waals surface area contributed by atoms with Crippen molar-refractivity contribution in [2.75, 3.05) is 54.1 Å². The Morgan fingerprint density at radius 2 is 1.91 bits per heavy atom. The summed E-state index contributed by atoms with van der Waals surface area (Å²) in [6.45, 7) is 10.1. The van der Waals surface area contributed by atoms with Gasteiger partial charge in [-0.25, -0.2) is 4.98 Å². The predicted octanol–water partition coefficient (Wildman–Crippen LogP) is 5.17. The zero-order valence-electron chi connectivity index (χ0n) is 24.8. The highest BCUT2D eigenvalue weighted by Crippen LogP contribution is 2.33. The highest BCUT2D eigenvalue weighted by Gasteiger charge is 2.23. The molecule has 4 rings (SSSR count). The number of rotatable bonds is 13. The maximum absolute atomic E-state index is 12.6. The third kappa shape index (κ3) is 9.32. The molecule has 2 aromatic carbocycles. The maximum atomic E-state index is 12.6. The summed E-state index contributed by atoms with van der Waals surface area (Å²) in [5, 5.41) is 19.5. The zero-order chi connectivity index (χ0) is 31.0. The van der Waals surface area contributed by atoms with Gasteiger partial charge in [-0.15, -0.1) is 0 Å². The molecular weight excluding hydrogens is 586 g/mol. The molecule has 0 bridgehead atoms. The van der Waals surface area contributed by atoms with E-state index in [0.717, 1.165) is 31.2 Å². The van der Waals surface area contributed by atoms with Crippen molar-refractivity contribution >= 4 is 60.3 Å². The standard InChI is InChI=1S/C30H40ClN7O4Si/c1-5-27(39)33-21-8-6-9-22(18-21)34-29-24(31)20-32-30(36-29)35-25-12-11-23(19-26(25)42-2)37-13-15-38(16-14-37)28(40)10-7-17-43(3,4)41/h5-6,8-9,11-12,18-20,27,33,39,41H,1,7,10,13-17H2,2-4H3,(H2,32,34,35,36). The number of aliphatic hydroxyl groups excluding tert-OH is 1. The number of hydrogen-bond acceptors (Lipinski definition) is 10. The van der Waals surface area contributed by atoms with E-state index in [1.165, 1.54) is 12.3 Å². The van der Waals surface area contributed by atoms with Gasteiger partial charge in [-0.1, -0.05) is 24.2 Å². The summed E-state index contributed by atoms with van der Waals surface area (Å²) in [6, 6.07) is 13.9. The van der Waals surface area contributed by atoms with Crippen molar-refractivity contribution in [1.82, 2.24) is 14.9 Å². The third-order valence-electron chi connectivity index (χ3n) is 7.02. The number of carbonyl (C=O) groups excluding carboxylic acids is 1. The van der Waals surface area contributed by atoms with Crippen LogP contribution in [0, 0.1) is 0 Å². The van der Waals surface area contributed by atoms with Gasteiger partial charge in [-0.3, -0.25) is 4.79 Å². The summed E-state index contributed by atoms with van der Waals surface area (Å²) in [4.78, 5) is 35.7. The van der Waals surface area contributed by atoms with Crippen molar-refractivity contribution in [1.29, 1.82) is 0 Å². The summed E-state index contributed by atoms with van der Waals surface area (Å²) in [6.07, 6.45) is 3.26. The fourth-order valence-corrected chi connectivity index (χ4v) is 5.89. The number of amides is 1. The van der Waals surface area contributed by atoms with E-state index in [0.29, 0.717) is 59.1 Å². The Kier molecular flexibility index (Phi) is 10.9. The van der Waals surface area contributed by atoms with Crippen molar-refractivity contribution in [2.45, 2.75) is 38.2 Å². The lowest BCUT2D eigenvalue weighted by molar-refractivity contribution is -0.131. The van der Waals surface area contributed by atoms with Crippen LogP contribution in [-0.4, -0.2) is 78.5 Å². The molecule has 1 amide bonds. The van der Waals surface area contributed by atoms with Crippen LogP contribution in [0.15, 0.2) is 61.3 Å². The second kappa shape index (κ2) is 14.6. The van der Waals surface area contributed by atoms with Crippen LogP contribution in [0.1, 0.15) is 12.8 Å². The first-order valence-electron chi connectivity index (χ1n) is 14.2. The highest BCUT2D eigenvalue weighted by atomic mass is 35.5. The average Bonchev–Trinajstić information content (AvgIpc) is 2.98. The summed E-state index contributed by atoms with van der Waals surface area (Å²) in [5.74, 6) is 1.52. The van der Waals surface area contributed by atoms with Gasteiger partial charge in [-0.2, -0.15) is 4.98 Å². The van der Waals surface area contributed by atoms with Crippen molar-refractivity contribution in [3.8, 4) is 5.75 Å². The molecule has 5 N–H and O–H groups in total. The summed E-state index contributed by atoms with van der Waals surface area (Å²) in [7, 11) is -0.513. The number of ether oxygens (including phenoxy) is 1. The van der Waals surface area contributed by atoms with E-state index in [-0.39, 0.29) is 5.91 Å². The second-order valence-corrected chi connectivity index (χ2v) is 15.5. The molecule has 1 fully saturated rings. The number of halogens is 1. The number of benzene rings is 2. The van der Waals surface area contributed by atoms with Gasteiger partial charge in [0.05, 0.1) is 19.0 Å². The summed E-state index contributed by atoms with van der Waals surface area (Å²) in [5.41, 5.74) is 3.10. The Morgan fingerprint density at radius 1 is 1.16 bits per heavy atom. The number of carbonyl (C=O) groups is 1. The molecule has 1 saturated heterocycles. The topological polar surface area (TPSA) is 135 Å². The molecule has 43 heavy (non-hydrogen) atoms. The Morgan fingerprint density at radius 3 is 2.60 bits per heavy atom. The van der Waals surface area contributed by atoms with Crippen LogP contribution in [0.3, 0.4) is 0 Å². The van der Waals surface area contributed by atoms with E-state index in [9.17, 15) is 14.7 Å². The molecule has 230 valence electrons. The summed E-state index contributed by atoms with van der Waals surface area (Å²) >= 11 is 6.39. The monoisotopic (exact) mass is 625 g/mol. The number of nitrogens with zero attached hydrogens (tertiary/aromatic N) is 4. The minimum absolute atomic E-state index is 0.155. The van der Waals surface area contributed by atoms with Crippen LogP contribution < -0.4 is 25.6 Å². The fraction of sp³-hybridized carbons (Fsp3) is 0.367. The number of piperazine rings is 1. The number of aromatic nitrogens is 2. The van der Waals surface area contributed by atoms with E-state index in [1.54, 1.807) is 7.11 Å². The van der Waals surface area contributed by atoms with Gasteiger partial charge >= 0.3 is 0 Å². The number of nitrogens with one attached hydrogen (secondary N) is 3. The van der Waals surface area contributed by atoms with Crippen molar-refractivity contribution in [2.24, 2.45) is 0 Å². The van der Waals surface area contributed by atoms with Gasteiger partial charge in [0.2, 0.25) is 11.9 Å². The number of methoxy groups -OCH3 is 1. The molecule has 0 saturated carbocycles. The molecule has 13 heteroatoms. The third-order valence-corrected chi connectivity index (χ3v) is 8.87. The van der Waals surface area contributed by atoms with Gasteiger partial charge in [0.25, 0.3) is 0 Å². The van der Waals surface area contributed by atoms with Crippen LogP contribution >= 0.6 is 11.6 Å². The molecular formula is C30H40ClN7O4Si. The minimum atomic E-state index is -2.12. The van der Waals surface area contributed by atoms with Crippen molar-refractivity contribution in [3.63, 3.8) is 0 Å².